The topological polar surface area (TPSA) is 113 Å². The number of carbonyl (C=O) groups is 2. The van der Waals surface area contributed by atoms with E-state index in [1.165, 1.54) is 6.07 Å². The summed E-state index contributed by atoms with van der Waals surface area (Å²) >= 11 is 0. The summed E-state index contributed by atoms with van der Waals surface area (Å²) in [5.74, 6) is -0.927. The minimum Gasteiger partial charge on any atom is -0.480 e. The highest BCUT2D eigenvalue weighted by Crippen LogP contribution is 2.25. The smallest absolute Gasteiger partial charge is 0.329 e. The van der Waals surface area contributed by atoms with Gasteiger partial charge in [0, 0.05) is 32.6 Å². The Labute approximate surface area is 121 Å². The molecule has 1 fully saturated rings. The van der Waals surface area contributed by atoms with Crippen LogP contribution in [0.1, 0.15) is 30.3 Å². The van der Waals surface area contributed by atoms with Crippen LogP contribution in [0.15, 0.2) is 12.1 Å². The Bertz CT molecular complexity index is 511. The molecule has 0 spiro atoms. The molecule has 2 heterocycles. The van der Waals surface area contributed by atoms with E-state index in [4.69, 9.17) is 4.74 Å². The van der Waals surface area contributed by atoms with E-state index in [1.54, 1.807) is 6.07 Å². The first kappa shape index (κ1) is 15.2. The van der Waals surface area contributed by atoms with Gasteiger partial charge in [0.25, 0.3) is 5.91 Å². The molecule has 21 heavy (non-hydrogen) atoms. The van der Waals surface area contributed by atoms with Crippen LogP contribution in [0.4, 0.5) is 5.82 Å². The minimum absolute atomic E-state index is 0.193. The average molecular weight is 294 g/mol. The zero-order valence-corrected chi connectivity index (χ0v) is 11.8. The van der Waals surface area contributed by atoms with Crippen LogP contribution < -0.4 is 10.6 Å². The molecule has 0 radical (unpaired) electrons. The first-order valence-corrected chi connectivity index (χ1v) is 6.78. The molecular weight excluding hydrogens is 276 g/mol. The molecule has 0 bridgehead atoms. The highest BCUT2D eigenvalue weighted by molar-refractivity contribution is 5.92. The number of rotatable bonds is 5. The van der Waals surface area contributed by atoms with Gasteiger partial charge in [-0.05, 0) is 19.1 Å². The van der Waals surface area contributed by atoms with Gasteiger partial charge in [0.2, 0.25) is 0 Å². The van der Waals surface area contributed by atoms with Crippen molar-refractivity contribution in [1.29, 1.82) is 0 Å². The molecule has 8 nitrogen and oxygen atoms in total. The van der Waals surface area contributed by atoms with Crippen LogP contribution in [0.2, 0.25) is 0 Å². The maximum Gasteiger partial charge on any atom is 0.329 e. The van der Waals surface area contributed by atoms with Gasteiger partial charge in [-0.2, -0.15) is 0 Å². The van der Waals surface area contributed by atoms with Gasteiger partial charge in [-0.1, -0.05) is 0 Å². The quantitative estimate of drug-likeness (QED) is 0.714. The zero-order chi connectivity index (χ0) is 15.3. The van der Waals surface area contributed by atoms with Crippen molar-refractivity contribution in [3.05, 3.63) is 17.8 Å². The van der Waals surface area contributed by atoms with Crippen LogP contribution >= 0.6 is 0 Å². The molecule has 0 saturated carbocycles. The predicted octanol–water partition coefficient (Wildman–Crippen LogP) is 0.272. The summed E-state index contributed by atoms with van der Waals surface area (Å²) in [6.07, 6.45) is 0.699. The van der Waals surface area contributed by atoms with Crippen molar-refractivity contribution < 1.29 is 19.4 Å². The monoisotopic (exact) mass is 294 g/mol. The summed E-state index contributed by atoms with van der Waals surface area (Å²) in [7, 11) is 0. The van der Waals surface area contributed by atoms with E-state index < -0.39 is 11.5 Å². The van der Waals surface area contributed by atoms with E-state index in [2.05, 4.69) is 20.8 Å². The lowest BCUT2D eigenvalue weighted by molar-refractivity contribution is -0.145. The van der Waals surface area contributed by atoms with Crippen LogP contribution in [-0.4, -0.2) is 52.5 Å². The fourth-order valence-electron chi connectivity index (χ4n) is 2.13. The van der Waals surface area contributed by atoms with Crippen molar-refractivity contribution in [2.45, 2.75) is 25.3 Å². The highest BCUT2D eigenvalue weighted by Gasteiger charge is 2.40. The van der Waals surface area contributed by atoms with E-state index in [1.807, 2.05) is 6.92 Å². The number of amides is 1. The summed E-state index contributed by atoms with van der Waals surface area (Å²) in [5, 5.41) is 22.6. The maximum atomic E-state index is 11.6. The Morgan fingerprint density at radius 3 is 2.57 bits per heavy atom. The van der Waals surface area contributed by atoms with Crippen molar-refractivity contribution in [3.63, 3.8) is 0 Å². The molecule has 1 aromatic rings. The van der Waals surface area contributed by atoms with E-state index in [-0.39, 0.29) is 11.6 Å². The second kappa shape index (κ2) is 6.49. The molecule has 0 aliphatic carbocycles. The molecule has 1 aliphatic rings. The van der Waals surface area contributed by atoms with Gasteiger partial charge in [0.15, 0.2) is 5.69 Å². The summed E-state index contributed by atoms with van der Waals surface area (Å²) in [6.45, 7) is 3.07. The summed E-state index contributed by atoms with van der Waals surface area (Å²) in [5.41, 5.74) is -0.904. The predicted molar refractivity (Wildman–Crippen MR) is 74.1 cm³/mol. The number of aliphatic carboxylic acids is 1. The van der Waals surface area contributed by atoms with Gasteiger partial charge in [-0.3, -0.25) is 4.79 Å². The summed E-state index contributed by atoms with van der Waals surface area (Å²) in [6, 6.07) is 3.06. The lowest BCUT2D eigenvalue weighted by Crippen LogP contribution is -2.50. The number of aromatic nitrogens is 2. The zero-order valence-electron chi connectivity index (χ0n) is 11.8. The van der Waals surface area contributed by atoms with Crippen LogP contribution in [0.3, 0.4) is 0 Å². The van der Waals surface area contributed by atoms with Crippen molar-refractivity contribution in [3.8, 4) is 0 Å². The first-order chi connectivity index (χ1) is 10.1. The van der Waals surface area contributed by atoms with Gasteiger partial charge in [0.05, 0.1) is 0 Å². The normalized spacial score (nSPS) is 17.0. The summed E-state index contributed by atoms with van der Waals surface area (Å²) in [4.78, 5) is 23.1. The van der Waals surface area contributed by atoms with Crippen LogP contribution in [0.5, 0.6) is 0 Å². The van der Waals surface area contributed by atoms with E-state index in [0.717, 1.165) is 0 Å². The van der Waals surface area contributed by atoms with E-state index in [9.17, 15) is 14.7 Å². The number of hydrogen-bond acceptors (Lipinski definition) is 6. The lowest BCUT2D eigenvalue weighted by atomic mass is 9.90. The fraction of sp³-hybridized carbons (Fsp3) is 0.538. The number of carbonyl (C=O) groups excluding carboxylic acids is 1. The van der Waals surface area contributed by atoms with Gasteiger partial charge >= 0.3 is 5.97 Å². The number of ether oxygens (including phenoxy) is 1. The van der Waals surface area contributed by atoms with Gasteiger partial charge in [0.1, 0.15) is 11.4 Å². The second-order valence-corrected chi connectivity index (χ2v) is 4.79. The molecule has 8 heteroatoms. The third kappa shape index (κ3) is 3.46. The molecule has 114 valence electrons. The standard InChI is InChI=1S/C13H18N4O4/c1-2-14-11(18)9-3-4-10(17-16-9)15-13(12(19)20)5-7-21-8-6-13/h3-4H,2,5-8H2,1H3,(H,14,18)(H,15,17)(H,19,20). The molecule has 1 amide bonds. The molecule has 1 saturated heterocycles. The molecule has 0 atom stereocenters. The molecular formula is C13H18N4O4. The second-order valence-electron chi connectivity index (χ2n) is 4.79. The molecule has 1 aromatic heterocycles. The van der Waals surface area contributed by atoms with Gasteiger partial charge < -0.3 is 20.5 Å². The third-order valence-electron chi connectivity index (χ3n) is 3.36. The Balaban J connectivity index is 2.11. The van der Waals surface area contributed by atoms with E-state index in [0.29, 0.717) is 38.4 Å². The Hall–Kier alpha value is -2.22. The number of nitrogens with one attached hydrogen (secondary N) is 2. The number of nitrogens with zero attached hydrogens (tertiary/aromatic N) is 2. The number of anilines is 1. The fourth-order valence-corrected chi connectivity index (χ4v) is 2.13. The lowest BCUT2D eigenvalue weighted by Gasteiger charge is -2.34. The molecule has 0 aromatic carbocycles. The van der Waals surface area contributed by atoms with Crippen LogP contribution in [0, 0.1) is 0 Å². The van der Waals surface area contributed by atoms with Crippen molar-refractivity contribution >= 4 is 17.7 Å². The Morgan fingerprint density at radius 1 is 1.33 bits per heavy atom. The SMILES string of the molecule is CCNC(=O)c1ccc(NC2(C(=O)O)CCOCC2)nn1. The van der Waals surface area contributed by atoms with Crippen LogP contribution in [0.25, 0.3) is 0 Å². The highest BCUT2D eigenvalue weighted by atomic mass is 16.5. The summed E-state index contributed by atoms with van der Waals surface area (Å²) < 4.78 is 5.20. The van der Waals surface area contributed by atoms with Crippen molar-refractivity contribution in [1.82, 2.24) is 15.5 Å². The largest absolute Gasteiger partial charge is 0.480 e. The van der Waals surface area contributed by atoms with Crippen molar-refractivity contribution in [2.24, 2.45) is 0 Å². The molecule has 2 rings (SSSR count). The van der Waals surface area contributed by atoms with Crippen molar-refractivity contribution in [2.75, 3.05) is 25.1 Å². The average Bonchev–Trinajstić information content (AvgIpc) is 2.49. The number of hydrogen-bond donors (Lipinski definition) is 3. The molecule has 3 N–H and O–H groups in total. The first-order valence-electron chi connectivity index (χ1n) is 6.78. The Kier molecular flexibility index (Phi) is 4.69. The number of carboxylic acids is 1. The van der Waals surface area contributed by atoms with E-state index >= 15 is 0 Å². The third-order valence-corrected chi connectivity index (χ3v) is 3.36. The van der Waals surface area contributed by atoms with Crippen LogP contribution in [-0.2, 0) is 9.53 Å². The van der Waals surface area contributed by atoms with Gasteiger partial charge in [-0.25, -0.2) is 4.79 Å². The minimum atomic E-state index is -1.10. The Morgan fingerprint density at radius 2 is 2.05 bits per heavy atom. The molecule has 1 aliphatic heterocycles. The molecule has 0 unspecified atom stereocenters. The number of carboxylic acid groups (broad SMARTS) is 1. The van der Waals surface area contributed by atoms with Gasteiger partial charge in [-0.15, -0.1) is 10.2 Å². The maximum absolute atomic E-state index is 11.6.